The van der Waals surface area contributed by atoms with Gasteiger partial charge in [0, 0.05) is 12.1 Å². The van der Waals surface area contributed by atoms with Crippen molar-refractivity contribution in [3.8, 4) is 5.75 Å². The van der Waals surface area contributed by atoms with E-state index in [4.69, 9.17) is 0 Å². The first-order valence-corrected chi connectivity index (χ1v) is 7.49. The number of anilines is 1. The molecule has 2 aromatic rings. The van der Waals surface area contributed by atoms with Crippen molar-refractivity contribution < 1.29 is 5.11 Å². The minimum absolute atomic E-state index is 0.237. The molecule has 0 unspecified atom stereocenters. The molecule has 1 fully saturated rings. The van der Waals surface area contributed by atoms with E-state index in [9.17, 15) is 5.11 Å². The molecule has 1 aliphatic rings. The third-order valence-electron chi connectivity index (χ3n) is 3.79. The van der Waals surface area contributed by atoms with Crippen LogP contribution in [0.25, 0.3) is 5.65 Å². The second-order valence-electron chi connectivity index (χ2n) is 5.15. The summed E-state index contributed by atoms with van der Waals surface area (Å²) in [6, 6.07) is 4.34. The number of fused-ring (bicyclic) bond motifs is 1. The first-order valence-electron chi connectivity index (χ1n) is 7.49. The molecule has 5 nitrogen and oxygen atoms in total. The van der Waals surface area contributed by atoms with Crippen molar-refractivity contribution in [1.82, 2.24) is 14.6 Å². The van der Waals surface area contributed by atoms with Gasteiger partial charge in [-0.1, -0.05) is 13.8 Å². The van der Waals surface area contributed by atoms with E-state index >= 15 is 0 Å². The third kappa shape index (κ3) is 2.57. The first kappa shape index (κ1) is 14.6. The number of piperidine rings is 1. The fourth-order valence-corrected chi connectivity index (χ4v) is 2.86. The second-order valence-corrected chi connectivity index (χ2v) is 5.15. The lowest BCUT2D eigenvalue weighted by Gasteiger charge is -2.38. The third-order valence-corrected chi connectivity index (χ3v) is 3.79. The highest BCUT2D eigenvalue weighted by molar-refractivity contribution is 5.49. The molecule has 2 aromatic heterocycles. The average molecular weight is 276 g/mol. The highest BCUT2D eigenvalue weighted by Crippen LogP contribution is 2.28. The van der Waals surface area contributed by atoms with Crippen LogP contribution < -0.4 is 4.90 Å². The maximum absolute atomic E-state index is 9.61. The molecular formula is C15H24N4O. The number of aromatic hydroxyl groups is 1. The van der Waals surface area contributed by atoms with Gasteiger partial charge < -0.3 is 10.0 Å². The van der Waals surface area contributed by atoms with Gasteiger partial charge in [-0.3, -0.25) is 4.40 Å². The van der Waals surface area contributed by atoms with Crippen LogP contribution in [0.3, 0.4) is 0 Å². The maximum atomic E-state index is 9.61. The van der Waals surface area contributed by atoms with Gasteiger partial charge in [0.1, 0.15) is 5.75 Å². The van der Waals surface area contributed by atoms with Crippen molar-refractivity contribution in [3.05, 3.63) is 18.3 Å². The van der Waals surface area contributed by atoms with E-state index in [-0.39, 0.29) is 5.75 Å². The molecule has 5 heteroatoms. The quantitative estimate of drug-likeness (QED) is 0.869. The lowest BCUT2D eigenvalue weighted by molar-refractivity contribution is 0.406. The molecule has 0 saturated carbocycles. The molecule has 110 valence electrons. The molecule has 2 atom stereocenters. The summed E-state index contributed by atoms with van der Waals surface area (Å²) in [5.74, 6) is 1.07. The highest BCUT2D eigenvalue weighted by atomic mass is 16.3. The Morgan fingerprint density at radius 1 is 1.10 bits per heavy atom. The molecule has 20 heavy (non-hydrogen) atoms. The van der Waals surface area contributed by atoms with Crippen LogP contribution in [0.4, 0.5) is 5.95 Å². The molecule has 0 aliphatic carbocycles. The summed E-state index contributed by atoms with van der Waals surface area (Å²) in [5, 5.41) is 18.1. The average Bonchev–Trinajstić information content (AvgIpc) is 2.84. The zero-order valence-corrected chi connectivity index (χ0v) is 12.7. The van der Waals surface area contributed by atoms with E-state index in [0.717, 1.165) is 11.6 Å². The van der Waals surface area contributed by atoms with Gasteiger partial charge in [-0.15, -0.1) is 10.2 Å². The maximum Gasteiger partial charge on any atom is 0.232 e. The zero-order valence-electron chi connectivity index (χ0n) is 12.7. The molecule has 0 bridgehead atoms. The lowest BCUT2D eigenvalue weighted by Crippen LogP contribution is -2.44. The summed E-state index contributed by atoms with van der Waals surface area (Å²) in [7, 11) is 0. The van der Waals surface area contributed by atoms with Gasteiger partial charge in [0.05, 0.1) is 6.20 Å². The van der Waals surface area contributed by atoms with E-state index in [1.54, 1.807) is 18.3 Å². The Hall–Kier alpha value is -1.78. The predicted octanol–water partition coefficient (Wildman–Crippen LogP) is 3.23. The van der Waals surface area contributed by atoms with Crippen molar-refractivity contribution in [2.75, 3.05) is 4.90 Å². The van der Waals surface area contributed by atoms with Crippen LogP contribution >= 0.6 is 0 Å². The number of rotatable bonds is 1. The van der Waals surface area contributed by atoms with Crippen LogP contribution in [0.15, 0.2) is 18.3 Å². The van der Waals surface area contributed by atoms with Crippen LogP contribution in [-0.4, -0.2) is 31.8 Å². The number of aromatic nitrogens is 3. The van der Waals surface area contributed by atoms with Crippen molar-refractivity contribution >= 4 is 11.6 Å². The van der Waals surface area contributed by atoms with Crippen LogP contribution in [-0.2, 0) is 0 Å². The Morgan fingerprint density at radius 2 is 1.75 bits per heavy atom. The van der Waals surface area contributed by atoms with Crippen molar-refractivity contribution in [2.24, 2.45) is 0 Å². The molecule has 3 rings (SSSR count). The van der Waals surface area contributed by atoms with Crippen LogP contribution in [0.1, 0.15) is 47.0 Å². The van der Waals surface area contributed by atoms with Gasteiger partial charge in [0.2, 0.25) is 5.95 Å². The molecule has 3 heterocycles. The van der Waals surface area contributed by atoms with E-state index in [1.165, 1.54) is 19.3 Å². The molecule has 1 N–H and O–H groups in total. The topological polar surface area (TPSA) is 53.7 Å². The van der Waals surface area contributed by atoms with E-state index in [2.05, 4.69) is 28.9 Å². The molecule has 0 spiro atoms. The smallest absolute Gasteiger partial charge is 0.232 e. The summed E-state index contributed by atoms with van der Waals surface area (Å²) in [6.45, 7) is 8.44. The molecule has 1 aliphatic heterocycles. The Labute approximate surface area is 120 Å². The van der Waals surface area contributed by atoms with Crippen LogP contribution in [0.2, 0.25) is 0 Å². The Bertz CT molecular complexity index is 556. The van der Waals surface area contributed by atoms with Gasteiger partial charge in [-0.05, 0) is 45.2 Å². The largest absolute Gasteiger partial charge is 0.506 e. The lowest BCUT2D eigenvalue weighted by atomic mass is 9.98. The number of pyridine rings is 1. The summed E-state index contributed by atoms with van der Waals surface area (Å²) in [4.78, 5) is 2.31. The van der Waals surface area contributed by atoms with Gasteiger partial charge in [0.15, 0.2) is 5.65 Å². The molecule has 0 radical (unpaired) electrons. The van der Waals surface area contributed by atoms with Gasteiger partial charge in [0.25, 0.3) is 0 Å². The molecular weight excluding hydrogens is 252 g/mol. The molecule has 1 saturated heterocycles. The van der Waals surface area contributed by atoms with Crippen LogP contribution in [0, 0.1) is 0 Å². The monoisotopic (exact) mass is 276 g/mol. The number of hydrogen-bond donors (Lipinski definition) is 1. The first-order chi connectivity index (χ1) is 9.66. The summed E-state index contributed by atoms with van der Waals surface area (Å²) < 4.78 is 1.87. The summed E-state index contributed by atoms with van der Waals surface area (Å²) in [5.41, 5.74) is 0.771. The number of nitrogens with zero attached hydrogens (tertiary/aromatic N) is 4. The van der Waals surface area contributed by atoms with E-state index in [0.29, 0.717) is 12.1 Å². The van der Waals surface area contributed by atoms with Gasteiger partial charge in [-0.25, -0.2) is 0 Å². The normalized spacial score (nSPS) is 22.5. The standard InChI is InChI=1S/C13H18N4O.C2H6/c1-9-4-3-5-10(2)17(9)13-15-14-12-7-6-11(18)8-16(12)13;1-2/h6-10,18H,3-5H2,1-2H3;1-2H3/t9-,10+;. The predicted molar refractivity (Wildman–Crippen MR) is 81.3 cm³/mol. The molecule has 0 aromatic carbocycles. The zero-order chi connectivity index (χ0) is 14.7. The molecule has 0 amide bonds. The fraction of sp³-hybridized carbons (Fsp3) is 0.600. The van der Waals surface area contributed by atoms with Crippen LogP contribution in [0.5, 0.6) is 5.75 Å². The fourth-order valence-electron chi connectivity index (χ4n) is 2.86. The Morgan fingerprint density at radius 3 is 2.40 bits per heavy atom. The Balaban J connectivity index is 0.000000704. The summed E-state index contributed by atoms with van der Waals surface area (Å²) >= 11 is 0. The highest BCUT2D eigenvalue weighted by Gasteiger charge is 2.28. The van der Waals surface area contributed by atoms with E-state index in [1.807, 2.05) is 18.2 Å². The minimum Gasteiger partial charge on any atom is -0.506 e. The summed E-state index contributed by atoms with van der Waals surface area (Å²) in [6.07, 6.45) is 5.30. The van der Waals surface area contributed by atoms with Crippen molar-refractivity contribution in [2.45, 2.75) is 59.0 Å². The minimum atomic E-state index is 0.237. The SMILES string of the molecule is CC.C[C@@H]1CCC[C@H](C)N1c1nnc2ccc(O)cn12. The number of hydrogen-bond acceptors (Lipinski definition) is 4. The Kier molecular flexibility index (Phi) is 4.47. The van der Waals surface area contributed by atoms with Crippen molar-refractivity contribution in [3.63, 3.8) is 0 Å². The van der Waals surface area contributed by atoms with Crippen molar-refractivity contribution in [1.29, 1.82) is 0 Å². The van der Waals surface area contributed by atoms with E-state index < -0.39 is 0 Å². The van der Waals surface area contributed by atoms with Gasteiger partial charge in [-0.2, -0.15) is 0 Å². The second kappa shape index (κ2) is 6.11. The van der Waals surface area contributed by atoms with Gasteiger partial charge >= 0.3 is 0 Å².